The van der Waals surface area contributed by atoms with Crippen molar-refractivity contribution in [1.82, 2.24) is 4.98 Å². The summed E-state index contributed by atoms with van der Waals surface area (Å²) in [6.45, 7) is 5.99. The topological polar surface area (TPSA) is 47.3 Å². The normalized spacial score (nSPS) is 14.1. The van der Waals surface area contributed by atoms with E-state index < -0.39 is 0 Å². The second kappa shape index (κ2) is 5.89. The van der Waals surface area contributed by atoms with Gasteiger partial charge in [0.25, 0.3) is 0 Å². The number of methoxy groups -OCH3 is 1. The van der Waals surface area contributed by atoms with Gasteiger partial charge in [0.1, 0.15) is 12.0 Å². The second-order valence-electron chi connectivity index (χ2n) is 4.70. The number of oxazole rings is 1. The van der Waals surface area contributed by atoms with Crippen molar-refractivity contribution in [3.63, 3.8) is 0 Å². The van der Waals surface area contributed by atoms with Crippen LogP contribution in [0.2, 0.25) is 0 Å². The molecule has 1 heterocycles. The first-order chi connectivity index (χ1) is 9.10. The summed E-state index contributed by atoms with van der Waals surface area (Å²) in [7, 11) is 1.72. The number of hydrogen-bond donors (Lipinski definition) is 1. The fourth-order valence-corrected chi connectivity index (χ4v) is 1.82. The number of hydrogen-bond acceptors (Lipinski definition) is 4. The number of anilines is 1. The van der Waals surface area contributed by atoms with E-state index in [1.807, 2.05) is 38.1 Å². The third-order valence-corrected chi connectivity index (χ3v) is 3.27. The van der Waals surface area contributed by atoms with Crippen LogP contribution in [0.5, 0.6) is 0 Å². The van der Waals surface area contributed by atoms with Gasteiger partial charge >= 0.3 is 0 Å². The van der Waals surface area contributed by atoms with Gasteiger partial charge in [-0.05, 0) is 26.0 Å². The van der Waals surface area contributed by atoms with Gasteiger partial charge in [0.2, 0.25) is 0 Å². The standard InChI is InChI=1S/C15H20N2O2/c1-10(11(2)18-4)16-14-7-5-13(6-8-14)15-9-19-12(3)17-15/h5-11,16H,1-4H3. The number of nitrogens with one attached hydrogen (secondary N) is 1. The number of benzene rings is 1. The fraction of sp³-hybridized carbons (Fsp3) is 0.400. The first-order valence-electron chi connectivity index (χ1n) is 6.42. The molecule has 2 atom stereocenters. The number of ether oxygens (including phenoxy) is 1. The van der Waals surface area contributed by atoms with Crippen molar-refractivity contribution in [2.24, 2.45) is 0 Å². The Morgan fingerprint density at radius 3 is 2.42 bits per heavy atom. The smallest absolute Gasteiger partial charge is 0.191 e. The third-order valence-electron chi connectivity index (χ3n) is 3.27. The van der Waals surface area contributed by atoms with Crippen LogP contribution in [0.1, 0.15) is 19.7 Å². The molecule has 19 heavy (non-hydrogen) atoms. The average molecular weight is 260 g/mol. The molecule has 0 radical (unpaired) electrons. The van der Waals surface area contributed by atoms with Gasteiger partial charge in [0.05, 0.1) is 6.10 Å². The van der Waals surface area contributed by atoms with Crippen LogP contribution in [0.15, 0.2) is 34.9 Å². The van der Waals surface area contributed by atoms with Crippen LogP contribution >= 0.6 is 0 Å². The minimum atomic E-state index is 0.165. The molecule has 0 saturated heterocycles. The van der Waals surface area contributed by atoms with Crippen LogP contribution in [-0.2, 0) is 4.74 Å². The van der Waals surface area contributed by atoms with E-state index in [0.717, 1.165) is 16.9 Å². The van der Waals surface area contributed by atoms with E-state index >= 15 is 0 Å². The van der Waals surface area contributed by atoms with Crippen LogP contribution in [0.4, 0.5) is 5.69 Å². The highest BCUT2D eigenvalue weighted by Gasteiger charge is 2.10. The number of rotatable bonds is 5. The Morgan fingerprint density at radius 2 is 1.89 bits per heavy atom. The molecule has 1 aromatic carbocycles. The average Bonchev–Trinajstić information content (AvgIpc) is 2.85. The highest BCUT2D eigenvalue weighted by Crippen LogP contribution is 2.21. The summed E-state index contributed by atoms with van der Waals surface area (Å²) < 4.78 is 10.5. The number of aromatic nitrogens is 1. The molecule has 1 aromatic heterocycles. The molecule has 4 heteroatoms. The maximum absolute atomic E-state index is 5.30. The van der Waals surface area contributed by atoms with Gasteiger partial charge in [-0.25, -0.2) is 4.98 Å². The molecule has 0 bridgehead atoms. The molecule has 0 saturated carbocycles. The summed E-state index contributed by atoms with van der Waals surface area (Å²) in [4.78, 5) is 4.31. The van der Waals surface area contributed by atoms with Crippen molar-refractivity contribution in [2.75, 3.05) is 12.4 Å². The van der Waals surface area contributed by atoms with Crippen LogP contribution in [0.25, 0.3) is 11.3 Å². The van der Waals surface area contributed by atoms with Gasteiger partial charge in [-0.3, -0.25) is 0 Å². The molecular weight excluding hydrogens is 240 g/mol. The molecule has 1 N–H and O–H groups in total. The van der Waals surface area contributed by atoms with Gasteiger partial charge in [-0.1, -0.05) is 12.1 Å². The Morgan fingerprint density at radius 1 is 1.21 bits per heavy atom. The molecule has 2 aromatic rings. The summed E-state index contributed by atoms with van der Waals surface area (Å²) in [6.07, 6.45) is 1.84. The molecule has 2 unspecified atom stereocenters. The molecular formula is C15H20N2O2. The molecule has 102 valence electrons. The van der Waals surface area contributed by atoms with Crippen LogP contribution in [0, 0.1) is 6.92 Å². The molecule has 0 fully saturated rings. The highest BCUT2D eigenvalue weighted by molar-refractivity contribution is 5.61. The van der Waals surface area contributed by atoms with Crippen molar-refractivity contribution in [2.45, 2.75) is 32.9 Å². The van der Waals surface area contributed by atoms with Crippen molar-refractivity contribution >= 4 is 5.69 Å². The lowest BCUT2D eigenvalue weighted by Gasteiger charge is -2.21. The van der Waals surface area contributed by atoms with E-state index in [1.54, 1.807) is 13.4 Å². The zero-order valence-corrected chi connectivity index (χ0v) is 11.8. The van der Waals surface area contributed by atoms with E-state index in [2.05, 4.69) is 17.2 Å². The van der Waals surface area contributed by atoms with E-state index in [-0.39, 0.29) is 12.1 Å². The van der Waals surface area contributed by atoms with E-state index in [1.165, 1.54) is 0 Å². The Kier molecular flexibility index (Phi) is 4.22. The van der Waals surface area contributed by atoms with E-state index in [0.29, 0.717) is 5.89 Å². The van der Waals surface area contributed by atoms with Crippen molar-refractivity contribution in [1.29, 1.82) is 0 Å². The van der Waals surface area contributed by atoms with Gasteiger partial charge in [-0.15, -0.1) is 0 Å². The van der Waals surface area contributed by atoms with Crippen molar-refractivity contribution < 1.29 is 9.15 Å². The largest absolute Gasteiger partial charge is 0.449 e. The first-order valence-corrected chi connectivity index (χ1v) is 6.42. The summed E-state index contributed by atoms with van der Waals surface area (Å²) in [5, 5.41) is 3.41. The molecule has 2 rings (SSSR count). The Bertz CT molecular complexity index is 519. The monoisotopic (exact) mass is 260 g/mol. The summed E-state index contributed by atoms with van der Waals surface area (Å²) in [6, 6.07) is 8.40. The lowest BCUT2D eigenvalue weighted by atomic mass is 10.1. The zero-order valence-electron chi connectivity index (χ0n) is 11.8. The van der Waals surface area contributed by atoms with Gasteiger partial charge in [0, 0.05) is 31.3 Å². The SMILES string of the molecule is COC(C)C(C)Nc1ccc(-c2coc(C)n2)cc1. The number of aryl methyl sites for hydroxylation is 1. The van der Waals surface area contributed by atoms with Crippen molar-refractivity contribution in [3.8, 4) is 11.3 Å². The minimum Gasteiger partial charge on any atom is -0.449 e. The van der Waals surface area contributed by atoms with Crippen LogP contribution in [0.3, 0.4) is 0 Å². The number of nitrogens with zero attached hydrogens (tertiary/aromatic N) is 1. The Hall–Kier alpha value is -1.81. The van der Waals surface area contributed by atoms with Gasteiger partial charge in [-0.2, -0.15) is 0 Å². The first kappa shape index (κ1) is 13.6. The summed E-state index contributed by atoms with van der Waals surface area (Å²) in [5.41, 5.74) is 2.98. The Balaban J connectivity index is 2.06. The predicted octanol–water partition coefficient (Wildman–Crippen LogP) is 3.49. The van der Waals surface area contributed by atoms with Crippen LogP contribution < -0.4 is 5.32 Å². The highest BCUT2D eigenvalue weighted by atomic mass is 16.5. The Labute approximate surface area is 113 Å². The molecule has 0 spiro atoms. The quantitative estimate of drug-likeness (QED) is 0.894. The maximum atomic E-state index is 5.30. The van der Waals surface area contributed by atoms with Gasteiger partial charge < -0.3 is 14.5 Å². The van der Waals surface area contributed by atoms with Crippen LogP contribution in [-0.4, -0.2) is 24.2 Å². The summed E-state index contributed by atoms with van der Waals surface area (Å²) >= 11 is 0. The maximum Gasteiger partial charge on any atom is 0.191 e. The lowest BCUT2D eigenvalue weighted by Crippen LogP contribution is -2.29. The molecule has 0 aliphatic carbocycles. The van der Waals surface area contributed by atoms with Gasteiger partial charge in [0.15, 0.2) is 5.89 Å². The van der Waals surface area contributed by atoms with E-state index in [4.69, 9.17) is 9.15 Å². The predicted molar refractivity (Wildman–Crippen MR) is 76.2 cm³/mol. The molecule has 0 aliphatic heterocycles. The fourth-order valence-electron chi connectivity index (χ4n) is 1.82. The second-order valence-corrected chi connectivity index (χ2v) is 4.70. The zero-order chi connectivity index (χ0) is 13.8. The van der Waals surface area contributed by atoms with Crippen molar-refractivity contribution in [3.05, 3.63) is 36.4 Å². The molecule has 0 aliphatic rings. The molecule has 4 nitrogen and oxygen atoms in total. The summed E-state index contributed by atoms with van der Waals surface area (Å²) in [5.74, 6) is 0.680. The van der Waals surface area contributed by atoms with E-state index in [9.17, 15) is 0 Å². The minimum absolute atomic E-state index is 0.165. The third kappa shape index (κ3) is 3.35. The molecule has 0 amide bonds. The lowest BCUT2D eigenvalue weighted by molar-refractivity contribution is 0.106.